The molecule has 5 heteroatoms. The number of carbonyl (C=O) groups excluding carboxylic acids is 2. The van der Waals surface area contributed by atoms with Crippen molar-refractivity contribution in [3.8, 4) is 11.5 Å². The summed E-state index contributed by atoms with van der Waals surface area (Å²) in [6.07, 6.45) is 0. The number of ether oxygens (including phenoxy) is 3. The monoisotopic (exact) mass is 342 g/mol. The summed E-state index contributed by atoms with van der Waals surface area (Å²) < 4.78 is 15.5. The van der Waals surface area contributed by atoms with E-state index in [1.165, 1.54) is 14.2 Å². The molecule has 2 aromatic rings. The van der Waals surface area contributed by atoms with E-state index in [1.54, 1.807) is 18.2 Å². The fourth-order valence-corrected chi connectivity index (χ4v) is 2.81. The van der Waals surface area contributed by atoms with Crippen LogP contribution in [0.2, 0.25) is 0 Å². The van der Waals surface area contributed by atoms with E-state index in [1.807, 2.05) is 32.9 Å². The maximum absolute atomic E-state index is 12.4. The molecular formula is C20H22O5. The lowest BCUT2D eigenvalue weighted by Gasteiger charge is -2.12. The van der Waals surface area contributed by atoms with Crippen LogP contribution in [0.25, 0.3) is 0 Å². The van der Waals surface area contributed by atoms with Crippen molar-refractivity contribution in [3.05, 3.63) is 58.1 Å². The number of aryl methyl sites for hydroxylation is 3. The zero-order chi connectivity index (χ0) is 18.6. The Kier molecular flexibility index (Phi) is 5.80. The van der Waals surface area contributed by atoms with Crippen molar-refractivity contribution in [3.63, 3.8) is 0 Å². The Labute approximate surface area is 147 Å². The summed E-state index contributed by atoms with van der Waals surface area (Å²) in [5.74, 6) is 0.116. The number of benzene rings is 2. The average Bonchev–Trinajstić information content (AvgIpc) is 2.58. The van der Waals surface area contributed by atoms with Crippen LogP contribution in [0.3, 0.4) is 0 Å². The first-order valence-corrected chi connectivity index (χ1v) is 7.87. The van der Waals surface area contributed by atoms with Gasteiger partial charge in [0.25, 0.3) is 0 Å². The van der Waals surface area contributed by atoms with E-state index in [-0.39, 0.29) is 12.4 Å². The second-order valence-corrected chi connectivity index (χ2v) is 5.84. The van der Waals surface area contributed by atoms with Gasteiger partial charge in [-0.25, -0.2) is 4.79 Å². The third-order valence-electron chi connectivity index (χ3n) is 3.92. The molecule has 0 saturated carbocycles. The summed E-state index contributed by atoms with van der Waals surface area (Å²) in [5.41, 5.74) is 3.58. The van der Waals surface area contributed by atoms with Crippen LogP contribution in [0, 0.1) is 20.8 Å². The van der Waals surface area contributed by atoms with Gasteiger partial charge in [0.15, 0.2) is 6.61 Å². The van der Waals surface area contributed by atoms with Crippen molar-refractivity contribution in [1.29, 1.82) is 0 Å². The lowest BCUT2D eigenvalue weighted by molar-refractivity contribution is 0.0472. The fraction of sp³-hybridized carbons (Fsp3) is 0.300. The second-order valence-electron chi connectivity index (χ2n) is 5.84. The molecule has 0 saturated heterocycles. The first kappa shape index (κ1) is 18.5. The average molecular weight is 342 g/mol. The zero-order valence-electron chi connectivity index (χ0n) is 15.1. The van der Waals surface area contributed by atoms with E-state index in [4.69, 9.17) is 14.2 Å². The number of ketones is 1. The molecule has 0 aliphatic rings. The molecule has 0 fully saturated rings. The van der Waals surface area contributed by atoms with Gasteiger partial charge in [-0.2, -0.15) is 0 Å². The van der Waals surface area contributed by atoms with E-state index < -0.39 is 5.97 Å². The van der Waals surface area contributed by atoms with E-state index in [9.17, 15) is 9.59 Å². The molecule has 132 valence electrons. The first-order valence-electron chi connectivity index (χ1n) is 7.87. The predicted molar refractivity (Wildman–Crippen MR) is 94.8 cm³/mol. The molecule has 2 rings (SSSR count). The Balaban J connectivity index is 2.14. The summed E-state index contributed by atoms with van der Waals surface area (Å²) in [5, 5.41) is 0. The number of Topliss-reactive ketones (excluding diaryl/α,β-unsaturated/α-hetero) is 1. The van der Waals surface area contributed by atoms with Crippen LogP contribution in [0.15, 0.2) is 30.3 Å². The van der Waals surface area contributed by atoms with Gasteiger partial charge in [-0.1, -0.05) is 17.7 Å². The van der Waals surface area contributed by atoms with Crippen LogP contribution in [0.4, 0.5) is 0 Å². The normalized spacial score (nSPS) is 10.3. The summed E-state index contributed by atoms with van der Waals surface area (Å²) >= 11 is 0. The molecule has 0 radical (unpaired) electrons. The van der Waals surface area contributed by atoms with Gasteiger partial charge in [0.05, 0.1) is 25.3 Å². The van der Waals surface area contributed by atoms with Crippen LogP contribution in [0.5, 0.6) is 11.5 Å². The van der Waals surface area contributed by atoms with Crippen LogP contribution >= 0.6 is 0 Å². The molecular weight excluding hydrogens is 320 g/mol. The molecule has 25 heavy (non-hydrogen) atoms. The highest BCUT2D eigenvalue weighted by molar-refractivity contribution is 6.02. The summed E-state index contributed by atoms with van der Waals surface area (Å²) in [4.78, 5) is 24.7. The SMILES string of the molecule is COc1ccc(C(=O)COC(=O)c2c(C)cc(C)cc2C)c(OC)c1. The van der Waals surface area contributed by atoms with Gasteiger partial charge in [0, 0.05) is 6.07 Å². The minimum atomic E-state index is -0.504. The van der Waals surface area contributed by atoms with Gasteiger partial charge in [0.2, 0.25) is 5.78 Å². The molecule has 0 amide bonds. The quantitative estimate of drug-likeness (QED) is 0.592. The van der Waals surface area contributed by atoms with Gasteiger partial charge in [-0.3, -0.25) is 4.79 Å². The molecule has 0 N–H and O–H groups in total. The molecule has 0 heterocycles. The lowest BCUT2D eigenvalue weighted by atomic mass is 10.00. The number of methoxy groups -OCH3 is 2. The fourth-order valence-electron chi connectivity index (χ4n) is 2.81. The van der Waals surface area contributed by atoms with E-state index >= 15 is 0 Å². The van der Waals surface area contributed by atoms with Crippen molar-refractivity contribution in [2.24, 2.45) is 0 Å². The van der Waals surface area contributed by atoms with E-state index in [2.05, 4.69) is 0 Å². The van der Waals surface area contributed by atoms with Crippen molar-refractivity contribution in [2.45, 2.75) is 20.8 Å². The molecule has 0 aliphatic heterocycles. The van der Waals surface area contributed by atoms with Gasteiger partial charge < -0.3 is 14.2 Å². The maximum atomic E-state index is 12.4. The Hall–Kier alpha value is -2.82. The van der Waals surface area contributed by atoms with Crippen LogP contribution in [0.1, 0.15) is 37.4 Å². The number of hydrogen-bond donors (Lipinski definition) is 0. The number of carbonyl (C=O) groups is 2. The molecule has 0 aromatic heterocycles. The highest BCUT2D eigenvalue weighted by Crippen LogP contribution is 2.25. The molecule has 2 aromatic carbocycles. The van der Waals surface area contributed by atoms with E-state index in [0.717, 1.165) is 16.7 Å². The highest BCUT2D eigenvalue weighted by Gasteiger charge is 2.18. The highest BCUT2D eigenvalue weighted by atomic mass is 16.5. The van der Waals surface area contributed by atoms with Gasteiger partial charge in [-0.05, 0) is 44.0 Å². The molecule has 5 nitrogen and oxygen atoms in total. The molecule has 0 atom stereocenters. The number of esters is 1. The Morgan fingerprint density at radius 1 is 0.920 bits per heavy atom. The molecule has 0 unspecified atom stereocenters. The smallest absolute Gasteiger partial charge is 0.339 e. The number of rotatable bonds is 6. The second kappa shape index (κ2) is 7.83. The summed E-state index contributed by atoms with van der Waals surface area (Å²) in [6.45, 7) is 5.32. The molecule has 0 aliphatic carbocycles. The lowest BCUT2D eigenvalue weighted by Crippen LogP contribution is -2.16. The first-order chi connectivity index (χ1) is 11.9. The topological polar surface area (TPSA) is 61.8 Å². The Morgan fingerprint density at radius 3 is 2.12 bits per heavy atom. The maximum Gasteiger partial charge on any atom is 0.339 e. The standard InChI is InChI=1S/C20H22O5/c1-12-8-13(2)19(14(3)9-12)20(22)25-11-17(21)16-7-6-15(23-4)10-18(16)24-5/h6-10H,11H2,1-5H3. The van der Waals surface area contributed by atoms with Gasteiger partial charge >= 0.3 is 5.97 Å². The van der Waals surface area contributed by atoms with Crippen molar-refractivity contribution in [2.75, 3.05) is 20.8 Å². The Morgan fingerprint density at radius 2 is 1.56 bits per heavy atom. The van der Waals surface area contributed by atoms with Crippen molar-refractivity contribution < 1.29 is 23.8 Å². The largest absolute Gasteiger partial charge is 0.497 e. The van der Waals surface area contributed by atoms with Gasteiger partial charge in [-0.15, -0.1) is 0 Å². The Bertz CT molecular complexity index is 785. The van der Waals surface area contributed by atoms with Crippen molar-refractivity contribution in [1.82, 2.24) is 0 Å². The summed E-state index contributed by atoms with van der Waals surface area (Å²) in [6, 6.07) is 8.70. The minimum absolute atomic E-state index is 0.338. The third-order valence-corrected chi connectivity index (χ3v) is 3.92. The van der Waals surface area contributed by atoms with Crippen LogP contribution < -0.4 is 9.47 Å². The minimum Gasteiger partial charge on any atom is -0.497 e. The van der Waals surface area contributed by atoms with Crippen LogP contribution in [-0.2, 0) is 4.74 Å². The summed E-state index contributed by atoms with van der Waals surface area (Å²) in [7, 11) is 3.00. The zero-order valence-corrected chi connectivity index (χ0v) is 15.1. The van der Waals surface area contributed by atoms with Crippen molar-refractivity contribution >= 4 is 11.8 Å². The van der Waals surface area contributed by atoms with Crippen LogP contribution in [-0.4, -0.2) is 32.6 Å². The third kappa shape index (κ3) is 4.18. The van der Waals surface area contributed by atoms with Gasteiger partial charge in [0.1, 0.15) is 11.5 Å². The van der Waals surface area contributed by atoms with E-state index in [0.29, 0.717) is 22.6 Å². The predicted octanol–water partition coefficient (Wildman–Crippen LogP) is 3.67. The number of hydrogen-bond acceptors (Lipinski definition) is 5. The molecule has 0 bridgehead atoms. The molecule has 0 spiro atoms.